The summed E-state index contributed by atoms with van der Waals surface area (Å²) in [5.41, 5.74) is 0.470. The Hall–Kier alpha value is -2.48. The molecular weight excluding hydrogens is 276 g/mol. The molecule has 1 aromatic heterocycles. The van der Waals surface area contributed by atoms with E-state index in [2.05, 4.69) is 22.4 Å². The minimum atomic E-state index is -0.503. The zero-order valence-electron chi connectivity index (χ0n) is 11.8. The van der Waals surface area contributed by atoms with Gasteiger partial charge in [-0.2, -0.15) is 0 Å². The van der Waals surface area contributed by atoms with E-state index in [-0.39, 0.29) is 11.4 Å². The lowest BCUT2D eigenvalue weighted by Crippen LogP contribution is -2.13. The molecule has 0 aliphatic carbocycles. The number of hydrogen-bond donors (Lipinski definition) is 1. The third-order valence-electron chi connectivity index (χ3n) is 2.79. The lowest BCUT2D eigenvalue weighted by Gasteiger charge is -2.02. The number of hydrogen-bond acceptors (Lipinski definition) is 7. The molecule has 2 rings (SSSR count). The van der Waals surface area contributed by atoms with E-state index < -0.39 is 4.92 Å². The summed E-state index contributed by atoms with van der Waals surface area (Å²) in [6, 6.07) is 4.42. The second-order valence-electron chi connectivity index (χ2n) is 4.32. The molecule has 8 nitrogen and oxygen atoms in total. The van der Waals surface area contributed by atoms with Gasteiger partial charge in [0.05, 0.1) is 18.6 Å². The summed E-state index contributed by atoms with van der Waals surface area (Å²) >= 11 is 0. The quantitative estimate of drug-likeness (QED) is 0.473. The predicted molar refractivity (Wildman–Crippen MR) is 74.9 cm³/mol. The Labute approximate surface area is 121 Å². The highest BCUT2D eigenvalue weighted by Crippen LogP contribution is 2.31. The Kier molecular flexibility index (Phi) is 4.83. The number of rotatable bonds is 7. The maximum atomic E-state index is 10.8. The molecule has 0 amide bonds. The Morgan fingerprint density at radius 2 is 2.24 bits per heavy atom. The van der Waals surface area contributed by atoms with Crippen LogP contribution in [0.3, 0.4) is 0 Å². The molecule has 0 saturated carbocycles. The van der Waals surface area contributed by atoms with Crippen molar-refractivity contribution in [3.05, 3.63) is 34.2 Å². The van der Waals surface area contributed by atoms with Gasteiger partial charge in [-0.05, 0) is 19.0 Å². The van der Waals surface area contributed by atoms with Crippen LogP contribution in [0.1, 0.15) is 19.2 Å². The van der Waals surface area contributed by atoms with Crippen LogP contribution in [0.25, 0.3) is 11.5 Å². The third kappa shape index (κ3) is 3.54. The molecule has 8 heteroatoms. The van der Waals surface area contributed by atoms with Crippen LogP contribution >= 0.6 is 0 Å². The van der Waals surface area contributed by atoms with Crippen LogP contribution in [0.2, 0.25) is 0 Å². The molecule has 112 valence electrons. The summed E-state index contributed by atoms with van der Waals surface area (Å²) in [4.78, 5) is 10.3. The van der Waals surface area contributed by atoms with Gasteiger partial charge in [0, 0.05) is 17.7 Å². The summed E-state index contributed by atoms with van der Waals surface area (Å²) in [7, 11) is 1.38. The normalized spacial score (nSPS) is 10.6. The smallest absolute Gasteiger partial charge is 0.310 e. The average molecular weight is 292 g/mol. The van der Waals surface area contributed by atoms with Crippen molar-refractivity contribution in [3.63, 3.8) is 0 Å². The monoisotopic (exact) mass is 292 g/mol. The molecule has 0 atom stereocenters. The molecule has 0 aliphatic rings. The third-order valence-corrected chi connectivity index (χ3v) is 2.79. The molecule has 0 spiro atoms. The number of nitro benzene ring substituents is 1. The van der Waals surface area contributed by atoms with Crippen molar-refractivity contribution in [2.24, 2.45) is 0 Å². The minimum absolute atomic E-state index is 0.106. The van der Waals surface area contributed by atoms with E-state index >= 15 is 0 Å². The number of nitrogens with zero attached hydrogens (tertiary/aromatic N) is 3. The van der Waals surface area contributed by atoms with Crippen molar-refractivity contribution in [1.29, 1.82) is 0 Å². The van der Waals surface area contributed by atoms with E-state index in [9.17, 15) is 10.1 Å². The molecule has 0 bridgehead atoms. The standard InChI is InChI=1S/C13H16N4O4/c1-3-6-14-8-12-15-16-13(21-12)9-4-5-10(17(18)19)11(7-9)20-2/h4-5,7,14H,3,6,8H2,1-2H3. The molecule has 0 aliphatic heterocycles. The number of ether oxygens (including phenoxy) is 1. The fraction of sp³-hybridized carbons (Fsp3) is 0.385. The van der Waals surface area contributed by atoms with E-state index in [1.165, 1.54) is 19.2 Å². The minimum Gasteiger partial charge on any atom is -0.490 e. The Balaban J connectivity index is 2.20. The van der Waals surface area contributed by atoms with Gasteiger partial charge in [0.1, 0.15) is 0 Å². The molecule has 0 radical (unpaired) electrons. The van der Waals surface area contributed by atoms with Crippen molar-refractivity contribution in [2.75, 3.05) is 13.7 Å². The van der Waals surface area contributed by atoms with Crippen molar-refractivity contribution < 1.29 is 14.1 Å². The molecular formula is C13H16N4O4. The topological polar surface area (TPSA) is 103 Å². The van der Waals surface area contributed by atoms with Crippen molar-refractivity contribution in [1.82, 2.24) is 15.5 Å². The molecule has 21 heavy (non-hydrogen) atoms. The van der Waals surface area contributed by atoms with Crippen LogP contribution in [-0.4, -0.2) is 28.8 Å². The summed E-state index contributed by atoms with van der Waals surface area (Å²) in [6.45, 7) is 3.42. The van der Waals surface area contributed by atoms with Crippen molar-refractivity contribution in [3.8, 4) is 17.2 Å². The highest BCUT2D eigenvalue weighted by atomic mass is 16.6. The van der Waals surface area contributed by atoms with Crippen molar-refractivity contribution in [2.45, 2.75) is 19.9 Å². The van der Waals surface area contributed by atoms with Crippen LogP contribution in [0.5, 0.6) is 5.75 Å². The van der Waals surface area contributed by atoms with E-state index in [1.54, 1.807) is 6.07 Å². The number of methoxy groups -OCH3 is 1. The van der Waals surface area contributed by atoms with Crippen LogP contribution in [0.15, 0.2) is 22.6 Å². The first kappa shape index (κ1) is 14.9. The SMILES string of the molecule is CCCNCc1nnc(-c2ccc([N+](=O)[O-])c(OC)c2)o1. The van der Waals surface area contributed by atoms with E-state index in [0.29, 0.717) is 23.9 Å². The summed E-state index contributed by atoms with van der Waals surface area (Å²) in [6.07, 6.45) is 1.01. The van der Waals surface area contributed by atoms with E-state index in [0.717, 1.165) is 13.0 Å². The van der Waals surface area contributed by atoms with Gasteiger partial charge in [0.15, 0.2) is 5.75 Å². The lowest BCUT2D eigenvalue weighted by atomic mass is 10.2. The fourth-order valence-electron chi connectivity index (χ4n) is 1.78. The number of aromatic nitrogens is 2. The first-order chi connectivity index (χ1) is 10.2. The van der Waals surface area contributed by atoms with Crippen molar-refractivity contribution >= 4 is 5.69 Å². The van der Waals surface area contributed by atoms with Gasteiger partial charge in [-0.15, -0.1) is 10.2 Å². The maximum absolute atomic E-state index is 10.8. The second kappa shape index (κ2) is 6.80. The highest BCUT2D eigenvalue weighted by Gasteiger charge is 2.17. The Morgan fingerprint density at radius 3 is 2.90 bits per heavy atom. The Bertz CT molecular complexity index is 626. The van der Waals surface area contributed by atoms with Gasteiger partial charge < -0.3 is 14.5 Å². The largest absolute Gasteiger partial charge is 0.490 e. The van der Waals surface area contributed by atoms with Crippen LogP contribution in [-0.2, 0) is 6.54 Å². The highest BCUT2D eigenvalue weighted by molar-refractivity contribution is 5.61. The zero-order chi connectivity index (χ0) is 15.2. The van der Waals surface area contributed by atoms with Gasteiger partial charge in [-0.1, -0.05) is 6.92 Å². The number of nitro groups is 1. The zero-order valence-corrected chi connectivity index (χ0v) is 11.8. The molecule has 1 heterocycles. The molecule has 0 saturated heterocycles. The van der Waals surface area contributed by atoms with Gasteiger partial charge in [0.25, 0.3) is 0 Å². The summed E-state index contributed by atoms with van der Waals surface area (Å²) < 4.78 is 10.5. The molecule has 0 unspecified atom stereocenters. The Morgan fingerprint density at radius 1 is 1.43 bits per heavy atom. The van der Waals surface area contributed by atoms with Gasteiger partial charge in [-0.25, -0.2) is 0 Å². The predicted octanol–water partition coefficient (Wildman–Crippen LogP) is 2.15. The number of nitrogens with one attached hydrogen (secondary N) is 1. The van der Waals surface area contributed by atoms with Gasteiger partial charge in [0.2, 0.25) is 11.8 Å². The molecule has 1 N–H and O–H groups in total. The fourth-order valence-corrected chi connectivity index (χ4v) is 1.78. The van der Waals surface area contributed by atoms with Gasteiger partial charge in [-0.3, -0.25) is 10.1 Å². The maximum Gasteiger partial charge on any atom is 0.310 e. The average Bonchev–Trinajstić information content (AvgIpc) is 2.95. The molecule has 1 aromatic carbocycles. The van der Waals surface area contributed by atoms with E-state index in [1.807, 2.05) is 0 Å². The number of benzene rings is 1. The van der Waals surface area contributed by atoms with E-state index in [4.69, 9.17) is 9.15 Å². The molecule has 2 aromatic rings. The van der Waals surface area contributed by atoms with Crippen LogP contribution < -0.4 is 10.1 Å². The van der Waals surface area contributed by atoms with Gasteiger partial charge >= 0.3 is 5.69 Å². The van der Waals surface area contributed by atoms with Crippen LogP contribution in [0, 0.1) is 10.1 Å². The summed E-state index contributed by atoms with van der Waals surface area (Å²) in [5, 5.41) is 21.9. The molecule has 0 fully saturated rings. The summed E-state index contributed by atoms with van der Waals surface area (Å²) in [5.74, 6) is 0.925. The lowest BCUT2D eigenvalue weighted by molar-refractivity contribution is -0.385. The first-order valence-corrected chi connectivity index (χ1v) is 6.51. The first-order valence-electron chi connectivity index (χ1n) is 6.51. The van der Waals surface area contributed by atoms with Crippen LogP contribution in [0.4, 0.5) is 5.69 Å². The second-order valence-corrected chi connectivity index (χ2v) is 4.32.